The van der Waals surface area contributed by atoms with E-state index in [0.29, 0.717) is 19.1 Å². The minimum atomic E-state index is 0.117. The summed E-state index contributed by atoms with van der Waals surface area (Å²) in [5, 5.41) is 3.13. The summed E-state index contributed by atoms with van der Waals surface area (Å²) in [6.45, 7) is 8.16. The molecule has 0 aromatic rings. The number of nitrogens with one attached hydrogen (secondary N) is 1. The lowest BCUT2D eigenvalue weighted by molar-refractivity contribution is -0.121. The number of carbonyl (C=O) groups is 1. The summed E-state index contributed by atoms with van der Waals surface area (Å²) in [5.41, 5.74) is 0. The number of amides is 1. The van der Waals surface area contributed by atoms with Gasteiger partial charge in [0.15, 0.2) is 0 Å². The van der Waals surface area contributed by atoms with Gasteiger partial charge >= 0.3 is 0 Å². The molecule has 0 spiro atoms. The Labute approximate surface area is 212 Å². The molecule has 0 heterocycles. The molecule has 0 saturated carbocycles. The van der Waals surface area contributed by atoms with Gasteiger partial charge in [0, 0.05) is 19.0 Å². The second kappa shape index (κ2) is 23.1. The van der Waals surface area contributed by atoms with E-state index >= 15 is 0 Å². The van der Waals surface area contributed by atoms with Crippen molar-refractivity contribution in [3.8, 4) is 0 Å². The second-order valence-corrected chi connectivity index (χ2v) is 10.6. The molecule has 33 heavy (non-hydrogen) atoms. The largest absolute Gasteiger partial charge is 0.346 e. The van der Waals surface area contributed by atoms with Crippen molar-refractivity contribution in [3.63, 3.8) is 0 Å². The summed E-state index contributed by atoms with van der Waals surface area (Å²) in [6.07, 6.45) is 22.5. The third-order valence-electron chi connectivity index (χ3n) is 6.55. The van der Waals surface area contributed by atoms with Gasteiger partial charge in [-0.1, -0.05) is 116 Å². The molecule has 0 rings (SSSR count). The van der Waals surface area contributed by atoms with E-state index in [1.165, 1.54) is 96.3 Å². The molecule has 5 heteroatoms. The van der Waals surface area contributed by atoms with E-state index in [9.17, 15) is 4.79 Å². The summed E-state index contributed by atoms with van der Waals surface area (Å²) in [6, 6.07) is 0.385. The van der Waals surface area contributed by atoms with Gasteiger partial charge in [0.2, 0.25) is 5.91 Å². The van der Waals surface area contributed by atoms with Gasteiger partial charge in [0.05, 0.1) is 11.7 Å². The summed E-state index contributed by atoms with van der Waals surface area (Å²) in [7, 11) is 4.01. The molecule has 196 valence electrons. The van der Waals surface area contributed by atoms with E-state index in [1.54, 1.807) is 0 Å². The highest BCUT2D eigenvalue weighted by Gasteiger charge is 2.17. The molecule has 0 aromatic carbocycles. The highest BCUT2D eigenvalue weighted by Crippen LogP contribution is 2.16. The lowest BCUT2D eigenvalue weighted by Gasteiger charge is -2.32. The first-order valence-electron chi connectivity index (χ1n) is 14.1. The van der Waals surface area contributed by atoms with Crippen LogP contribution in [0.25, 0.3) is 0 Å². The van der Waals surface area contributed by atoms with Gasteiger partial charge in [0.25, 0.3) is 0 Å². The minimum absolute atomic E-state index is 0.117. The van der Waals surface area contributed by atoms with Crippen LogP contribution in [-0.4, -0.2) is 54.0 Å². The summed E-state index contributed by atoms with van der Waals surface area (Å²) < 4.78 is 0. The van der Waals surface area contributed by atoms with E-state index in [1.807, 2.05) is 19.0 Å². The Hall–Kier alpha value is -0.680. The van der Waals surface area contributed by atoms with Crippen LogP contribution < -0.4 is 5.32 Å². The fourth-order valence-electron chi connectivity index (χ4n) is 4.18. The normalized spacial score (nSPS) is 12.2. The molecule has 0 radical (unpaired) electrons. The molecule has 0 aromatic heterocycles. The quantitative estimate of drug-likeness (QED) is 0.0917. The smallest absolute Gasteiger partial charge is 0.222 e. The Morgan fingerprint density at radius 1 is 0.758 bits per heavy atom. The van der Waals surface area contributed by atoms with Crippen molar-refractivity contribution in [1.82, 2.24) is 15.1 Å². The molecule has 4 nitrogen and oxygen atoms in total. The van der Waals surface area contributed by atoms with Crippen LogP contribution in [0.4, 0.5) is 0 Å². The van der Waals surface area contributed by atoms with Crippen LogP contribution in [-0.2, 0) is 4.79 Å². The number of thiocarbonyl (C=S) groups is 1. The summed E-state index contributed by atoms with van der Waals surface area (Å²) in [4.78, 5) is 17.7. The first-order valence-corrected chi connectivity index (χ1v) is 14.5. The number of hydrogen-bond acceptors (Lipinski definition) is 3. The molecular weight excluding hydrogens is 426 g/mol. The van der Waals surface area contributed by atoms with Crippen molar-refractivity contribution in [3.05, 3.63) is 0 Å². The molecule has 1 unspecified atom stereocenters. The van der Waals surface area contributed by atoms with E-state index in [2.05, 4.69) is 31.0 Å². The van der Waals surface area contributed by atoms with Gasteiger partial charge in [-0.2, -0.15) is 0 Å². The van der Waals surface area contributed by atoms with Crippen LogP contribution >= 0.6 is 12.2 Å². The van der Waals surface area contributed by atoms with Gasteiger partial charge in [-0.15, -0.1) is 0 Å². The van der Waals surface area contributed by atoms with Gasteiger partial charge < -0.3 is 15.1 Å². The van der Waals surface area contributed by atoms with Gasteiger partial charge in [-0.25, -0.2) is 0 Å². The van der Waals surface area contributed by atoms with Crippen LogP contribution in [0.1, 0.15) is 136 Å². The van der Waals surface area contributed by atoms with Gasteiger partial charge in [0.1, 0.15) is 0 Å². The highest BCUT2D eigenvalue weighted by atomic mass is 32.1. The molecule has 0 fully saturated rings. The Morgan fingerprint density at radius 2 is 1.24 bits per heavy atom. The van der Waals surface area contributed by atoms with Crippen LogP contribution in [0.3, 0.4) is 0 Å². The number of unbranched alkanes of at least 4 members (excludes halogenated alkanes) is 13. The van der Waals surface area contributed by atoms with E-state index in [-0.39, 0.29) is 5.91 Å². The molecule has 0 saturated heterocycles. The molecule has 0 aliphatic carbocycles. The molecule has 1 amide bonds. The Balaban J connectivity index is 4.41. The van der Waals surface area contributed by atoms with Crippen molar-refractivity contribution in [1.29, 1.82) is 0 Å². The average Bonchev–Trinajstić information content (AvgIpc) is 2.78. The van der Waals surface area contributed by atoms with Crippen LogP contribution in [0.2, 0.25) is 0 Å². The fraction of sp³-hybridized carbons (Fsp3) is 0.929. The maximum absolute atomic E-state index is 12.3. The van der Waals surface area contributed by atoms with Gasteiger partial charge in [-0.3, -0.25) is 4.79 Å². The van der Waals surface area contributed by atoms with Crippen LogP contribution in [0.5, 0.6) is 0 Å². The van der Waals surface area contributed by atoms with Crippen molar-refractivity contribution in [2.24, 2.45) is 0 Å². The monoisotopic (exact) mass is 483 g/mol. The van der Waals surface area contributed by atoms with E-state index < -0.39 is 0 Å². The zero-order valence-corrected chi connectivity index (χ0v) is 23.7. The predicted molar refractivity (Wildman–Crippen MR) is 150 cm³/mol. The van der Waals surface area contributed by atoms with Crippen molar-refractivity contribution in [2.75, 3.05) is 27.3 Å². The topological polar surface area (TPSA) is 35.6 Å². The highest BCUT2D eigenvalue weighted by molar-refractivity contribution is 7.80. The molecular formula is C28H57N3OS. The lowest BCUT2D eigenvalue weighted by atomic mass is 10.0. The zero-order chi connectivity index (χ0) is 24.7. The number of rotatable bonds is 23. The van der Waals surface area contributed by atoms with Gasteiger partial charge in [-0.05, 0) is 40.3 Å². The third-order valence-corrected chi connectivity index (χ3v) is 6.99. The number of nitrogens with zero attached hydrogens (tertiary/aromatic N) is 2. The van der Waals surface area contributed by atoms with Crippen molar-refractivity contribution in [2.45, 2.75) is 142 Å². The standard InChI is InChI=1S/C28H57N3OS/c1-6-8-10-12-14-16-17-19-21-26(3)31(25-29-27(32)23-24-30(4)5)28(33)22-20-18-15-13-11-9-7-2/h26H,6-25H2,1-5H3,(H,29,32). The molecule has 1 N–H and O–H groups in total. The van der Waals surface area contributed by atoms with Crippen LogP contribution in [0.15, 0.2) is 0 Å². The summed E-state index contributed by atoms with van der Waals surface area (Å²) >= 11 is 5.86. The number of carbonyl (C=O) groups excluding carboxylic acids is 1. The first kappa shape index (κ1) is 32.3. The second-order valence-electron chi connectivity index (χ2n) is 10.2. The zero-order valence-electron chi connectivity index (χ0n) is 22.9. The molecule has 1 atom stereocenters. The van der Waals surface area contributed by atoms with Crippen molar-refractivity contribution >= 4 is 23.1 Å². The van der Waals surface area contributed by atoms with Crippen LogP contribution in [0, 0.1) is 0 Å². The lowest BCUT2D eigenvalue weighted by Crippen LogP contribution is -2.45. The Kier molecular flexibility index (Phi) is 22.6. The third kappa shape index (κ3) is 20.4. The molecule has 0 aliphatic rings. The molecule has 0 aliphatic heterocycles. The fourth-order valence-corrected chi connectivity index (χ4v) is 4.57. The maximum Gasteiger partial charge on any atom is 0.222 e. The van der Waals surface area contributed by atoms with E-state index in [4.69, 9.17) is 12.2 Å². The summed E-state index contributed by atoms with van der Waals surface area (Å²) in [5.74, 6) is 0.117. The Bertz CT molecular complexity index is 470. The molecule has 0 bridgehead atoms. The maximum atomic E-state index is 12.3. The predicted octanol–water partition coefficient (Wildman–Crippen LogP) is 7.70. The Morgan fingerprint density at radius 3 is 1.76 bits per heavy atom. The van der Waals surface area contributed by atoms with Crippen molar-refractivity contribution < 1.29 is 4.79 Å². The number of hydrogen-bond donors (Lipinski definition) is 1. The first-order chi connectivity index (χ1) is 15.9. The van der Waals surface area contributed by atoms with E-state index in [0.717, 1.165) is 24.4 Å². The minimum Gasteiger partial charge on any atom is -0.346 e. The SMILES string of the molecule is CCCCCCCCCCC(C)N(CNC(=O)CCN(C)C)C(=S)CCCCCCCCC. The average molecular weight is 484 g/mol.